The predicted molar refractivity (Wildman–Crippen MR) is 136 cm³/mol. The summed E-state index contributed by atoms with van der Waals surface area (Å²) >= 11 is 1.91. The summed E-state index contributed by atoms with van der Waals surface area (Å²) in [6.07, 6.45) is 1.42. The van der Waals surface area contributed by atoms with Gasteiger partial charge in [0.2, 0.25) is 20.0 Å². The molecular formula is C21H18F2IN3O6S2. The normalized spacial score (nSPS) is 11.7. The number of anilines is 3. The maximum absolute atomic E-state index is 14.4. The molecule has 35 heavy (non-hydrogen) atoms. The molecule has 0 aliphatic rings. The summed E-state index contributed by atoms with van der Waals surface area (Å²) in [4.78, 5) is 12.2. The number of nitrogens with zero attached hydrogens (tertiary/aromatic N) is 1. The van der Waals surface area contributed by atoms with E-state index in [1.54, 1.807) is 6.07 Å². The third-order valence-electron chi connectivity index (χ3n) is 4.37. The highest BCUT2D eigenvalue weighted by Gasteiger charge is 2.28. The van der Waals surface area contributed by atoms with Crippen molar-refractivity contribution in [3.63, 3.8) is 0 Å². The molecule has 0 saturated heterocycles. The van der Waals surface area contributed by atoms with E-state index < -0.39 is 37.6 Å². The lowest BCUT2D eigenvalue weighted by atomic mass is 10.1. The van der Waals surface area contributed by atoms with Gasteiger partial charge in [0, 0.05) is 15.7 Å². The van der Waals surface area contributed by atoms with Crippen molar-refractivity contribution in [1.29, 1.82) is 0 Å². The van der Waals surface area contributed by atoms with Crippen LogP contribution >= 0.6 is 22.6 Å². The number of nitrogens with two attached hydrogens (primary N) is 1. The van der Waals surface area contributed by atoms with Gasteiger partial charge in [0.15, 0.2) is 0 Å². The highest BCUT2D eigenvalue weighted by Crippen LogP contribution is 2.35. The van der Waals surface area contributed by atoms with E-state index in [1.807, 2.05) is 22.6 Å². The predicted octanol–water partition coefficient (Wildman–Crippen LogP) is 3.93. The van der Waals surface area contributed by atoms with E-state index in [0.29, 0.717) is 16.1 Å². The summed E-state index contributed by atoms with van der Waals surface area (Å²) in [5.41, 5.74) is 4.65. The van der Waals surface area contributed by atoms with Gasteiger partial charge >= 0.3 is 0 Å². The quantitative estimate of drug-likeness (QED) is 0.358. The van der Waals surface area contributed by atoms with Gasteiger partial charge in [-0.05, 0) is 59.0 Å². The van der Waals surface area contributed by atoms with Crippen LogP contribution in [0.4, 0.5) is 25.8 Å². The first kappa shape index (κ1) is 26.6. The van der Waals surface area contributed by atoms with Crippen molar-refractivity contribution in [1.82, 2.24) is 0 Å². The number of hydrogen-bond acceptors (Lipinski definition) is 7. The van der Waals surface area contributed by atoms with Gasteiger partial charge < -0.3 is 15.8 Å². The van der Waals surface area contributed by atoms with Crippen LogP contribution < -0.4 is 19.5 Å². The fraction of sp³-hybridized carbons (Fsp3) is 0.0952. The van der Waals surface area contributed by atoms with Crippen molar-refractivity contribution in [2.24, 2.45) is 5.73 Å². The third-order valence-corrected chi connectivity index (χ3v) is 8.29. The Labute approximate surface area is 214 Å². The van der Waals surface area contributed by atoms with Crippen molar-refractivity contribution >= 4 is 65.6 Å². The molecular weight excluding hydrogens is 619 g/mol. The largest absolute Gasteiger partial charge is 0.456 e. The average molecular weight is 637 g/mol. The number of sulfonamides is 2. The summed E-state index contributed by atoms with van der Waals surface area (Å²) in [6, 6.07) is 10.9. The monoisotopic (exact) mass is 637 g/mol. The summed E-state index contributed by atoms with van der Waals surface area (Å²) in [6.45, 7) is 0. The van der Waals surface area contributed by atoms with Crippen LogP contribution in [0, 0.1) is 15.2 Å². The van der Waals surface area contributed by atoms with Crippen molar-refractivity contribution in [2.45, 2.75) is 0 Å². The number of carbonyl (C=O) groups excluding carboxylic acids is 1. The Morgan fingerprint density at radius 1 is 0.971 bits per heavy atom. The van der Waals surface area contributed by atoms with E-state index in [-0.39, 0.29) is 37.8 Å². The van der Waals surface area contributed by atoms with E-state index in [0.717, 1.165) is 18.2 Å². The highest BCUT2D eigenvalue weighted by molar-refractivity contribution is 14.1. The van der Waals surface area contributed by atoms with Crippen LogP contribution in [0.3, 0.4) is 0 Å². The Hall–Kier alpha value is -2.98. The molecule has 3 aromatic rings. The number of halogens is 3. The first-order valence-electron chi connectivity index (χ1n) is 9.50. The molecule has 3 rings (SSSR count). The second-order valence-corrected chi connectivity index (χ2v) is 12.4. The lowest BCUT2D eigenvalue weighted by Crippen LogP contribution is -2.35. The van der Waals surface area contributed by atoms with Gasteiger partial charge in [-0.25, -0.2) is 25.6 Å². The number of primary amides is 1. The number of nitrogens with one attached hydrogen (secondary N) is 1. The first-order chi connectivity index (χ1) is 16.2. The summed E-state index contributed by atoms with van der Waals surface area (Å²) < 4.78 is 83.4. The Morgan fingerprint density at radius 2 is 1.63 bits per heavy atom. The molecule has 0 aliphatic carbocycles. The zero-order valence-electron chi connectivity index (χ0n) is 18.1. The molecule has 14 heteroatoms. The number of hydrogen-bond donors (Lipinski definition) is 2. The van der Waals surface area contributed by atoms with Crippen molar-refractivity contribution < 1.29 is 35.1 Å². The number of ether oxygens (including phenoxy) is 1. The van der Waals surface area contributed by atoms with Gasteiger partial charge in [0.1, 0.15) is 28.7 Å². The molecule has 0 atom stereocenters. The number of amides is 1. The Morgan fingerprint density at radius 3 is 2.20 bits per heavy atom. The van der Waals surface area contributed by atoms with Gasteiger partial charge in [-0.15, -0.1) is 0 Å². The van der Waals surface area contributed by atoms with Crippen LogP contribution in [0.1, 0.15) is 10.4 Å². The maximum atomic E-state index is 14.4. The molecule has 0 fully saturated rings. The molecule has 0 bridgehead atoms. The molecule has 186 valence electrons. The lowest BCUT2D eigenvalue weighted by molar-refractivity contribution is 0.0999. The molecule has 0 saturated carbocycles. The standard InChI is InChI=1S/C21H18F2IN3O6S2/c1-34(29,30)27(35(2,31)32)14-4-3-5-15(11-14)33-19-9-12(22)8-18(20(19)21(25)28)26-17-7-6-13(24)10-16(17)23/h3-11,26H,1-2H3,(H2,25,28). The van der Waals surface area contributed by atoms with Crippen LogP contribution in [0.5, 0.6) is 11.5 Å². The average Bonchev–Trinajstić information content (AvgIpc) is 2.67. The van der Waals surface area contributed by atoms with E-state index >= 15 is 0 Å². The Kier molecular flexibility index (Phi) is 7.56. The summed E-state index contributed by atoms with van der Waals surface area (Å²) in [5.74, 6) is -3.04. The van der Waals surface area contributed by atoms with Gasteiger partial charge in [-0.3, -0.25) is 4.79 Å². The Bertz CT molecular complexity index is 1500. The van der Waals surface area contributed by atoms with Gasteiger partial charge in [-0.1, -0.05) is 6.07 Å². The Balaban J connectivity index is 2.08. The molecule has 0 spiro atoms. The van der Waals surface area contributed by atoms with Crippen LogP contribution in [0.25, 0.3) is 0 Å². The molecule has 0 aliphatic heterocycles. The minimum absolute atomic E-state index is 0.0524. The van der Waals surface area contributed by atoms with Crippen LogP contribution in [0.2, 0.25) is 0 Å². The molecule has 9 nitrogen and oxygen atoms in total. The fourth-order valence-corrected chi connectivity index (χ4v) is 6.58. The summed E-state index contributed by atoms with van der Waals surface area (Å²) in [5, 5.41) is 2.62. The van der Waals surface area contributed by atoms with E-state index in [9.17, 15) is 30.4 Å². The van der Waals surface area contributed by atoms with Crippen LogP contribution in [-0.2, 0) is 20.0 Å². The molecule has 1 amide bonds. The summed E-state index contributed by atoms with van der Waals surface area (Å²) in [7, 11) is -8.46. The van der Waals surface area contributed by atoms with E-state index in [1.165, 1.54) is 30.3 Å². The van der Waals surface area contributed by atoms with Crippen LogP contribution in [-0.4, -0.2) is 35.3 Å². The third kappa shape index (κ3) is 6.37. The minimum atomic E-state index is -4.23. The lowest BCUT2D eigenvalue weighted by Gasteiger charge is -2.20. The second-order valence-electron chi connectivity index (χ2n) is 7.26. The van der Waals surface area contributed by atoms with Crippen molar-refractivity contribution in [3.8, 4) is 11.5 Å². The smallest absolute Gasteiger partial charge is 0.254 e. The first-order valence-corrected chi connectivity index (χ1v) is 14.3. The molecule has 0 aromatic heterocycles. The van der Waals surface area contributed by atoms with E-state index in [4.69, 9.17) is 10.5 Å². The van der Waals surface area contributed by atoms with Crippen LogP contribution in [0.15, 0.2) is 54.6 Å². The number of benzene rings is 3. The molecule has 3 aromatic carbocycles. The molecule has 0 heterocycles. The fourth-order valence-electron chi connectivity index (χ4n) is 3.17. The second kappa shape index (κ2) is 9.94. The highest BCUT2D eigenvalue weighted by atomic mass is 127. The van der Waals surface area contributed by atoms with Gasteiger partial charge in [-0.2, -0.15) is 3.71 Å². The zero-order valence-corrected chi connectivity index (χ0v) is 21.9. The topological polar surface area (TPSA) is 136 Å². The van der Waals surface area contributed by atoms with Gasteiger partial charge in [0.05, 0.1) is 29.6 Å². The van der Waals surface area contributed by atoms with Crippen molar-refractivity contribution in [2.75, 3.05) is 21.5 Å². The minimum Gasteiger partial charge on any atom is -0.456 e. The van der Waals surface area contributed by atoms with Crippen molar-refractivity contribution in [3.05, 3.63) is 75.4 Å². The van der Waals surface area contributed by atoms with E-state index in [2.05, 4.69) is 5.32 Å². The van der Waals surface area contributed by atoms with Gasteiger partial charge in [0.25, 0.3) is 5.91 Å². The molecule has 3 N–H and O–H groups in total. The SMILES string of the molecule is CS(=O)(=O)N(c1cccc(Oc2cc(F)cc(Nc3ccc(I)cc3F)c2C(N)=O)c1)S(C)(=O)=O. The molecule has 0 unspecified atom stereocenters. The number of carbonyl (C=O) groups is 1. The molecule has 0 radical (unpaired) electrons. The number of rotatable bonds is 8. The zero-order chi connectivity index (χ0) is 26.1. The maximum Gasteiger partial charge on any atom is 0.254 e.